The van der Waals surface area contributed by atoms with Gasteiger partial charge in [0, 0.05) is 16.6 Å². The second-order valence-corrected chi connectivity index (χ2v) is 13.6. The number of rotatable bonds is 2. The molecule has 2 heterocycles. The summed E-state index contributed by atoms with van der Waals surface area (Å²) < 4.78 is 0. The van der Waals surface area contributed by atoms with E-state index < -0.39 is 0 Å². The van der Waals surface area contributed by atoms with Crippen molar-refractivity contribution in [1.82, 2.24) is 4.98 Å². The fraction of sp³-hybridized carbons (Fsp3) is 0.500. The van der Waals surface area contributed by atoms with Gasteiger partial charge in [0.05, 0.1) is 11.8 Å². The average Bonchev–Trinajstić information content (AvgIpc) is 3.38. The number of carbonyl (C=O) groups excluding carboxylic acids is 1. The summed E-state index contributed by atoms with van der Waals surface area (Å²) in [5.74, 6) is 1.86. The lowest BCUT2D eigenvalue weighted by molar-refractivity contribution is -0.0164. The van der Waals surface area contributed by atoms with Crippen molar-refractivity contribution < 1.29 is 9.90 Å². The standard InChI is InChI=1S/C32H36N2O2S/c1-17-26-22(25-27(33)29(37-30(25)34-17)28(36)18-7-5-4-6-8-18)16-24-21-10-9-19-15-20(35)11-13-31(19,2)23(21)12-14-32(24,26)3/h4-9,20-21,23-24,35H,10-16,33H2,1-3H3/t20-,21-,23+,24+,31-,32+/m0/s1. The summed E-state index contributed by atoms with van der Waals surface area (Å²) in [6, 6.07) is 9.45. The molecular formula is C32H36N2O2S. The Labute approximate surface area is 223 Å². The quantitative estimate of drug-likeness (QED) is 0.294. The molecule has 2 saturated carbocycles. The molecule has 4 nitrogen and oxygen atoms in total. The van der Waals surface area contributed by atoms with Gasteiger partial charge in [-0.3, -0.25) is 4.79 Å². The number of carbonyl (C=O) groups is 1. The number of pyridine rings is 1. The molecule has 0 radical (unpaired) electrons. The summed E-state index contributed by atoms with van der Waals surface area (Å²) in [5.41, 5.74) is 13.8. The van der Waals surface area contributed by atoms with Gasteiger partial charge in [0.1, 0.15) is 9.71 Å². The zero-order valence-electron chi connectivity index (χ0n) is 22.0. The number of ketones is 1. The van der Waals surface area contributed by atoms with Gasteiger partial charge in [-0.1, -0.05) is 55.8 Å². The Bertz CT molecular complexity index is 1470. The fourth-order valence-electron chi connectivity index (χ4n) is 9.07. The third-order valence-corrected chi connectivity index (χ3v) is 12.0. The molecule has 3 N–H and O–H groups in total. The highest BCUT2D eigenvalue weighted by atomic mass is 32.1. The van der Waals surface area contributed by atoms with Crippen LogP contribution in [0.25, 0.3) is 10.2 Å². The minimum Gasteiger partial charge on any atom is -0.397 e. The number of hydrogen-bond acceptors (Lipinski definition) is 5. The first-order valence-corrected chi connectivity index (χ1v) is 14.7. The van der Waals surface area contributed by atoms with E-state index in [0.717, 1.165) is 48.0 Å². The lowest BCUT2D eigenvalue weighted by atomic mass is 9.47. The van der Waals surface area contributed by atoms with E-state index in [1.54, 1.807) is 0 Å². The molecule has 6 atom stereocenters. The van der Waals surface area contributed by atoms with Crippen LogP contribution in [0.5, 0.6) is 0 Å². The smallest absolute Gasteiger partial charge is 0.205 e. The van der Waals surface area contributed by atoms with Gasteiger partial charge in [-0.15, -0.1) is 11.3 Å². The maximum atomic E-state index is 13.4. The molecule has 3 aromatic rings. The Morgan fingerprint density at radius 2 is 1.84 bits per heavy atom. The molecule has 192 valence electrons. The number of thiophene rings is 1. The second kappa shape index (κ2) is 8.00. The van der Waals surface area contributed by atoms with E-state index in [1.807, 2.05) is 30.3 Å². The maximum absolute atomic E-state index is 13.4. The van der Waals surface area contributed by atoms with E-state index >= 15 is 0 Å². The summed E-state index contributed by atoms with van der Waals surface area (Å²) in [7, 11) is 0. The van der Waals surface area contributed by atoms with Crippen LogP contribution in [0, 0.1) is 30.1 Å². The van der Waals surface area contributed by atoms with Gasteiger partial charge in [0.25, 0.3) is 0 Å². The monoisotopic (exact) mass is 512 g/mol. The highest BCUT2D eigenvalue weighted by Crippen LogP contribution is 2.65. The van der Waals surface area contributed by atoms with Gasteiger partial charge in [0.2, 0.25) is 5.78 Å². The highest BCUT2D eigenvalue weighted by Gasteiger charge is 2.58. The number of anilines is 1. The van der Waals surface area contributed by atoms with Crippen LogP contribution in [0.2, 0.25) is 0 Å². The molecule has 0 bridgehead atoms. The van der Waals surface area contributed by atoms with Crippen molar-refractivity contribution in [2.45, 2.75) is 77.2 Å². The topological polar surface area (TPSA) is 76.2 Å². The van der Waals surface area contributed by atoms with Crippen molar-refractivity contribution in [3.8, 4) is 0 Å². The third-order valence-electron chi connectivity index (χ3n) is 10.9. The van der Waals surface area contributed by atoms with Gasteiger partial charge in [-0.2, -0.15) is 0 Å². The van der Waals surface area contributed by atoms with Crippen molar-refractivity contribution in [3.05, 3.63) is 69.2 Å². The molecule has 7 rings (SSSR count). The fourth-order valence-corrected chi connectivity index (χ4v) is 10.2. The molecule has 2 fully saturated rings. The Balaban J connectivity index is 1.33. The van der Waals surface area contributed by atoms with Crippen LogP contribution < -0.4 is 5.73 Å². The predicted molar refractivity (Wildman–Crippen MR) is 150 cm³/mol. The predicted octanol–water partition coefficient (Wildman–Crippen LogP) is 6.76. The Morgan fingerprint density at radius 3 is 2.62 bits per heavy atom. The van der Waals surface area contributed by atoms with Gasteiger partial charge in [-0.05, 0) is 91.6 Å². The average molecular weight is 513 g/mol. The van der Waals surface area contributed by atoms with Crippen LogP contribution in [0.15, 0.2) is 42.0 Å². The summed E-state index contributed by atoms with van der Waals surface area (Å²) in [5, 5.41) is 11.4. The van der Waals surface area contributed by atoms with Crippen LogP contribution in [0.1, 0.15) is 84.4 Å². The van der Waals surface area contributed by atoms with Crippen LogP contribution in [0.3, 0.4) is 0 Å². The molecule has 0 saturated heterocycles. The van der Waals surface area contributed by atoms with Crippen LogP contribution >= 0.6 is 11.3 Å². The summed E-state index contributed by atoms with van der Waals surface area (Å²) in [6.07, 6.45) is 9.75. The van der Waals surface area contributed by atoms with Crippen LogP contribution in [-0.2, 0) is 11.8 Å². The number of aliphatic hydroxyl groups excluding tert-OH is 1. The molecule has 0 aliphatic heterocycles. The first-order valence-electron chi connectivity index (χ1n) is 13.9. The lowest BCUT2D eigenvalue weighted by Crippen LogP contribution is -2.51. The molecule has 37 heavy (non-hydrogen) atoms. The number of nitrogens with two attached hydrogens (primary N) is 1. The number of benzene rings is 1. The van der Waals surface area contributed by atoms with E-state index in [4.69, 9.17) is 10.7 Å². The number of aryl methyl sites for hydroxylation is 1. The summed E-state index contributed by atoms with van der Waals surface area (Å²) in [6.45, 7) is 7.12. The SMILES string of the molecule is Cc1nc2sc(C(=O)c3ccccc3)c(N)c2c2c1[C@]1(C)CC[C@@H]3[C@H](CC=C4C[C@@H](O)CC[C@@]43C)[C@H]1C2. The number of aromatic nitrogens is 1. The van der Waals surface area contributed by atoms with Crippen LogP contribution in [0.4, 0.5) is 5.69 Å². The molecule has 1 aromatic carbocycles. The number of nitrogens with zero attached hydrogens (tertiary/aromatic N) is 1. The van der Waals surface area contributed by atoms with Crippen LogP contribution in [-0.4, -0.2) is 22.0 Å². The van der Waals surface area contributed by atoms with Gasteiger partial charge in [0.15, 0.2) is 0 Å². The molecule has 5 heteroatoms. The molecule has 4 aliphatic rings. The number of nitrogen functional groups attached to an aromatic ring is 1. The first kappa shape index (κ1) is 23.6. The molecule has 2 aromatic heterocycles. The lowest BCUT2D eigenvalue weighted by Gasteiger charge is -2.57. The minimum atomic E-state index is -0.170. The van der Waals surface area contributed by atoms with Crippen molar-refractivity contribution >= 4 is 33.0 Å². The number of allylic oxidation sites excluding steroid dienone is 1. The highest BCUT2D eigenvalue weighted by molar-refractivity contribution is 7.21. The van der Waals surface area contributed by atoms with Gasteiger partial charge >= 0.3 is 0 Å². The third kappa shape index (κ3) is 3.16. The summed E-state index contributed by atoms with van der Waals surface area (Å²) in [4.78, 5) is 20.0. The van der Waals surface area contributed by atoms with Crippen molar-refractivity contribution in [3.63, 3.8) is 0 Å². The molecule has 0 spiro atoms. The van der Waals surface area contributed by atoms with Crippen molar-refractivity contribution in [2.75, 3.05) is 5.73 Å². The Morgan fingerprint density at radius 1 is 1.08 bits per heavy atom. The normalized spacial score (nSPS) is 34.3. The summed E-state index contributed by atoms with van der Waals surface area (Å²) >= 11 is 1.46. The molecule has 0 amide bonds. The molecule has 0 unspecified atom stereocenters. The number of hydrogen-bond donors (Lipinski definition) is 2. The molecule has 4 aliphatic carbocycles. The van der Waals surface area contributed by atoms with E-state index in [9.17, 15) is 9.90 Å². The zero-order chi connectivity index (χ0) is 25.7. The second-order valence-electron chi connectivity index (χ2n) is 12.6. The minimum absolute atomic E-state index is 0.00782. The maximum Gasteiger partial charge on any atom is 0.205 e. The molecular weight excluding hydrogens is 476 g/mol. The van der Waals surface area contributed by atoms with E-state index in [0.29, 0.717) is 33.9 Å². The van der Waals surface area contributed by atoms with E-state index in [1.165, 1.54) is 40.9 Å². The largest absolute Gasteiger partial charge is 0.397 e. The van der Waals surface area contributed by atoms with E-state index in [-0.39, 0.29) is 22.7 Å². The number of fused-ring (bicyclic) bond motifs is 9. The van der Waals surface area contributed by atoms with Gasteiger partial charge < -0.3 is 10.8 Å². The van der Waals surface area contributed by atoms with Crippen molar-refractivity contribution in [2.24, 2.45) is 23.2 Å². The Hall–Kier alpha value is -2.50. The zero-order valence-corrected chi connectivity index (χ0v) is 22.8. The van der Waals surface area contributed by atoms with Gasteiger partial charge in [-0.25, -0.2) is 4.98 Å². The van der Waals surface area contributed by atoms with E-state index in [2.05, 4.69) is 26.8 Å². The van der Waals surface area contributed by atoms with Crippen molar-refractivity contribution in [1.29, 1.82) is 0 Å². The first-order chi connectivity index (χ1) is 17.7. The number of aliphatic hydroxyl groups is 1. The Kier molecular flexibility index (Phi) is 5.10.